The lowest BCUT2D eigenvalue weighted by Crippen LogP contribution is -2.24. The van der Waals surface area contributed by atoms with Gasteiger partial charge in [0.2, 0.25) is 0 Å². The maximum atomic E-state index is 5.59. The van der Waals surface area contributed by atoms with Gasteiger partial charge in [-0.3, -0.25) is 0 Å². The highest BCUT2D eigenvalue weighted by molar-refractivity contribution is 5.14. The molecule has 0 heterocycles. The van der Waals surface area contributed by atoms with Gasteiger partial charge < -0.3 is 14.8 Å². The largest absolute Gasteiger partial charge is 0.375 e. The van der Waals surface area contributed by atoms with Gasteiger partial charge in [-0.15, -0.1) is 0 Å². The lowest BCUT2D eigenvalue weighted by atomic mass is 10.2. The zero-order chi connectivity index (χ0) is 14.6. The Bertz CT molecular complexity index is 428. The van der Waals surface area contributed by atoms with E-state index in [0.717, 1.165) is 13.1 Å². The smallest absolute Gasteiger partial charge is 0.0717 e. The van der Waals surface area contributed by atoms with Crippen LogP contribution in [0.25, 0.3) is 0 Å². The highest BCUT2D eigenvalue weighted by Crippen LogP contribution is 2.00. The van der Waals surface area contributed by atoms with Crippen LogP contribution in [0, 0.1) is 0 Å². The predicted octanol–water partition coefficient (Wildman–Crippen LogP) is 3.01. The van der Waals surface area contributed by atoms with Crippen molar-refractivity contribution in [3.63, 3.8) is 0 Å². The molecule has 0 radical (unpaired) electrons. The summed E-state index contributed by atoms with van der Waals surface area (Å²) in [4.78, 5) is 0. The number of ether oxygens (including phenoxy) is 2. The first-order valence-corrected chi connectivity index (χ1v) is 7.39. The molecule has 0 fully saturated rings. The van der Waals surface area contributed by atoms with Crippen LogP contribution in [-0.4, -0.2) is 26.3 Å². The summed E-state index contributed by atoms with van der Waals surface area (Å²) in [6, 6.07) is 20.4. The summed E-state index contributed by atoms with van der Waals surface area (Å²) in [6.45, 7) is 4.48. The molecule has 2 aromatic carbocycles. The molecule has 0 aromatic heterocycles. The average molecular weight is 285 g/mol. The molecule has 0 spiro atoms. The number of hydrogen-bond donors (Lipinski definition) is 1. The van der Waals surface area contributed by atoms with Crippen molar-refractivity contribution in [2.24, 2.45) is 0 Å². The number of rotatable bonds is 10. The van der Waals surface area contributed by atoms with Crippen molar-refractivity contribution >= 4 is 0 Å². The van der Waals surface area contributed by atoms with E-state index in [9.17, 15) is 0 Å². The highest BCUT2D eigenvalue weighted by atomic mass is 16.5. The molecule has 2 aromatic rings. The standard InChI is InChI=1S/C18H23NO2/c1-3-7-17(8-4-1)15-20-13-11-19-12-14-21-16-18-9-5-2-6-10-18/h1-10,19H,11-16H2. The van der Waals surface area contributed by atoms with E-state index in [0.29, 0.717) is 26.4 Å². The molecule has 112 valence electrons. The van der Waals surface area contributed by atoms with Gasteiger partial charge in [-0.1, -0.05) is 60.7 Å². The first-order valence-electron chi connectivity index (χ1n) is 7.39. The van der Waals surface area contributed by atoms with E-state index in [1.165, 1.54) is 11.1 Å². The molecule has 0 atom stereocenters. The second-order valence-electron chi connectivity index (χ2n) is 4.83. The molecule has 0 saturated carbocycles. The summed E-state index contributed by atoms with van der Waals surface area (Å²) in [6.07, 6.45) is 0. The number of hydrogen-bond acceptors (Lipinski definition) is 3. The van der Waals surface area contributed by atoms with E-state index in [2.05, 4.69) is 29.6 Å². The van der Waals surface area contributed by atoms with Crippen molar-refractivity contribution in [2.75, 3.05) is 26.3 Å². The molecule has 3 nitrogen and oxygen atoms in total. The Morgan fingerprint density at radius 3 is 1.48 bits per heavy atom. The van der Waals surface area contributed by atoms with Gasteiger partial charge in [0.05, 0.1) is 26.4 Å². The first-order chi connectivity index (χ1) is 10.4. The van der Waals surface area contributed by atoms with Crippen molar-refractivity contribution in [2.45, 2.75) is 13.2 Å². The van der Waals surface area contributed by atoms with Crippen molar-refractivity contribution in [1.82, 2.24) is 5.32 Å². The van der Waals surface area contributed by atoms with Crippen LogP contribution >= 0.6 is 0 Å². The molecular formula is C18H23NO2. The van der Waals surface area contributed by atoms with Crippen molar-refractivity contribution < 1.29 is 9.47 Å². The summed E-state index contributed by atoms with van der Waals surface area (Å²) < 4.78 is 11.2. The Kier molecular flexibility index (Phi) is 7.56. The molecule has 0 saturated heterocycles. The molecule has 0 amide bonds. The number of nitrogens with one attached hydrogen (secondary N) is 1. The fourth-order valence-corrected chi connectivity index (χ4v) is 1.94. The fourth-order valence-electron chi connectivity index (χ4n) is 1.94. The van der Waals surface area contributed by atoms with E-state index < -0.39 is 0 Å². The van der Waals surface area contributed by atoms with E-state index >= 15 is 0 Å². The van der Waals surface area contributed by atoms with Crippen molar-refractivity contribution in [3.8, 4) is 0 Å². The van der Waals surface area contributed by atoms with Gasteiger partial charge in [-0.25, -0.2) is 0 Å². The Morgan fingerprint density at radius 2 is 1.05 bits per heavy atom. The lowest BCUT2D eigenvalue weighted by Gasteiger charge is -2.07. The summed E-state index contributed by atoms with van der Waals surface area (Å²) in [5, 5.41) is 3.31. The maximum Gasteiger partial charge on any atom is 0.0717 e. The van der Waals surface area contributed by atoms with Gasteiger partial charge in [0.25, 0.3) is 0 Å². The Hall–Kier alpha value is -1.68. The van der Waals surface area contributed by atoms with Crippen LogP contribution in [0.4, 0.5) is 0 Å². The molecule has 0 aliphatic carbocycles. The van der Waals surface area contributed by atoms with E-state index in [1.54, 1.807) is 0 Å². The van der Waals surface area contributed by atoms with Crippen LogP contribution in [0.3, 0.4) is 0 Å². The topological polar surface area (TPSA) is 30.5 Å². The molecule has 0 aliphatic heterocycles. The summed E-state index contributed by atoms with van der Waals surface area (Å²) in [5.74, 6) is 0. The summed E-state index contributed by atoms with van der Waals surface area (Å²) >= 11 is 0. The van der Waals surface area contributed by atoms with Gasteiger partial charge in [0, 0.05) is 13.1 Å². The Labute approximate surface area is 126 Å². The second kappa shape index (κ2) is 10.1. The first kappa shape index (κ1) is 15.7. The maximum absolute atomic E-state index is 5.59. The summed E-state index contributed by atoms with van der Waals surface area (Å²) in [7, 11) is 0. The third-order valence-electron chi connectivity index (χ3n) is 3.07. The van der Waals surface area contributed by atoms with Crippen molar-refractivity contribution in [1.29, 1.82) is 0 Å². The lowest BCUT2D eigenvalue weighted by molar-refractivity contribution is 0.108. The molecule has 0 bridgehead atoms. The normalized spacial score (nSPS) is 10.7. The van der Waals surface area contributed by atoms with Gasteiger partial charge in [-0.05, 0) is 11.1 Å². The van der Waals surface area contributed by atoms with Gasteiger partial charge in [-0.2, -0.15) is 0 Å². The second-order valence-corrected chi connectivity index (χ2v) is 4.83. The molecular weight excluding hydrogens is 262 g/mol. The third-order valence-corrected chi connectivity index (χ3v) is 3.07. The molecule has 21 heavy (non-hydrogen) atoms. The van der Waals surface area contributed by atoms with Gasteiger partial charge in [0.15, 0.2) is 0 Å². The SMILES string of the molecule is c1ccc(COCCNCCOCc2ccccc2)cc1. The number of benzene rings is 2. The van der Waals surface area contributed by atoms with E-state index in [-0.39, 0.29) is 0 Å². The predicted molar refractivity (Wildman–Crippen MR) is 85.1 cm³/mol. The fraction of sp³-hybridized carbons (Fsp3) is 0.333. The Morgan fingerprint density at radius 1 is 0.619 bits per heavy atom. The molecule has 3 heteroatoms. The van der Waals surface area contributed by atoms with E-state index in [4.69, 9.17) is 9.47 Å². The minimum atomic E-state index is 0.674. The van der Waals surface area contributed by atoms with Crippen LogP contribution in [-0.2, 0) is 22.7 Å². The van der Waals surface area contributed by atoms with Crippen molar-refractivity contribution in [3.05, 3.63) is 71.8 Å². The monoisotopic (exact) mass is 285 g/mol. The van der Waals surface area contributed by atoms with Crippen LogP contribution in [0.2, 0.25) is 0 Å². The zero-order valence-electron chi connectivity index (χ0n) is 12.3. The zero-order valence-corrected chi connectivity index (χ0v) is 12.3. The van der Waals surface area contributed by atoms with Gasteiger partial charge >= 0.3 is 0 Å². The minimum Gasteiger partial charge on any atom is -0.375 e. The third kappa shape index (κ3) is 7.04. The van der Waals surface area contributed by atoms with Crippen LogP contribution < -0.4 is 5.32 Å². The molecule has 0 aliphatic rings. The molecule has 2 rings (SSSR count). The summed E-state index contributed by atoms with van der Waals surface area (Å²) in [5.41, 5.74) is 2.42. The molecule has 1 N–H and O–H groups in total. The van der Waals surface area contributed by atoms with Gasteiger partial charge in [0.1, 0.15) is 0 Å². The average Bonchev–Trinajstić information content (AvgIpc) is 2.55. The van der Waals surface area contributed by atoms with Crippen LogP contribution in [0.5, 0.6) is 0 Å². The van der Waals surface area contributed by atoms with Crippen LogP contribution in [0.1, 0.15) is 11.1 Å². The minimum absolute atomic E-state index is 0.674. The highest BCUT2D eigenvalue weighted by Gasteiger charge is 1.93. The van der Waals surface area contributed by atoms with E-state index in [1.807, 2.05) is 36.4 Å². The quantitative estimate of drug-likeness (QED) is 0.681. The Balaban J connectivity index is 1.40. The molecule has 0 unspecified atom stereocenters. The van der Waals surface area contributed by atoms with Crippen LogP contribution in [0.15, 0.2) is 60.7 Å².